The summed E-state index contributed by atoms with van der Waals surface area (Å²) in [5.41, 5.74) is 1.66. The van der Waals surface area contributed by atoms with E-state index in [2.05, 4.69) is 0 Å². The van der Waals surface area contributed by atoms with Gasteiger partial charge in [-0.3, -0.25) is 9.59 Å². The number of ether oxygens (including phenoxy) is 1. The molecule has 1 N–H and O–H groups in total. The van der Waals surface area contributed by atoms with E-state index < -0.39 is 11.8 Å². The van der Waals surface area contributed by atoms with Gasteiger partial charge in [0.1, 0.15) is 11.4 Å². The maximum atomic E-state index is 13.3. The summed E-state index contributed by atoms with van der Waals surface area (Å²) in [7, 11) is 1.69. The van der Waals surface area contributed by atoms with Gasteiger partial charge in [-0.05, 0) is 24.6 Å². The Morgan fingerprint density at radius 1 is 1.00 bits per heavy atom. The topological polar surface area (TPSA) is 70.1 Å². The molecule has 2 amide bonds. The average molecular weight is 366 g/mol. The van der Waals surface area contributed by atoms with Crippen molar-refractivity contribution in [3.05, 3.63) is 65.9 Å². The van der Waals surface area contributed by atoms with Crippen LogP contribution in [-0.4, -0.2) is 48.6 Å². The van der Waals surface area contributed by atoms with E-state index >= 15 is 0 Å². The van der Waals surface area contributed by atoms with Crippen LogP contribution in [0.5, 0.6) is 5.75 Å². The van der Waals surface area contributed by atoms with Gasteiger partial charge in [0.2, 0.25) is 0 Å². The molecule has 0 fully saturated rings. The second-order valence-corrected chi connectivity index (χ2v) is 6.08. The molecule has 1 aliphatic heterocycles. The predicted molar refractivity (Wildman–Crippen MR) is 103 cm³/mol. The lowest BCUT2D eigenvalue weighted by Gasteiger charge is -2.21. The van der Waals surface area contributed by atoms with Crippen LogP contribution >= 0.6 is 0 Å². The van der Waals surface area contributed by atoms with Gasteiger partial charge in [0.05, 0.1) is 24.5 Å². The van der Waals surface area contributed by atoms with Crippen molar-refractivity contribution < 1.29 is 19.4 Å². The van der Waals surface area contributed by atoms with E-state index in [0.29, 0.717) is 29.2 Å². The van der Waals surface area contributed by atoms with Gasteiger partial charge in [0.15, 0.2) is 0 Å². The molecule has 2 aromatic carbocycles. The fraction of sp³-hybridized carbons (Fsp3) is 0.238. The third kappa shape index (κ3) is 3.44. The molecule has 0 bridgehead atoms. The lowest BCUT2D eigenvalue weighted by molar-refractivity contribution is -0.120. The van der Waals surface area contributed by atoms with Crippen molar-refractivity contribution in [1.29, 1.82) is 0 Å². The van der Waals surface area contributed by atoms with E-state index in [1.807, 2.05) is 25.1 Å². The Balaban J connectivity index is 2.13. The number of para-hydroxylation sites is 2. The van der Waals surface area contributed by atoms with Crippen LogP contribution in [0.15, 0.2) is 60.3 Å². The van der Waals surface area contributed by atoms with E-state index in [4.69, 9.17) is 4.74 Å². The number of carbonyl (C=O) groups excluding carboxylic acids is 2. The highest BCUT2D eigenvalue weighted by atomic mass is 16.5. The summed E-state index contributed by atoms with van der Waals surface area (Å²) < 4.78 is 5.61. The fourth-order valence-electron chi connectivity index (χ4n) is 3.14. The summed E-state index contributed by atoms with van der Waals surface area (Å²) in [4.78, 5) is 29.3. The van der Waals surface area contributed by atoms with Crippen LogP contribution in [0.3, 0.4) is 0 Å². The van der Waals surface area contributed by atoms with Gasteiger partial charge in [0, 0.05) is 13.6 Å². The van der Waals surface area contributed by atoms with Gasteiger partial charge in [-0.2, -0.15) is 0 Å². The van der Waals surface area contributed by atoms with Crippen molar-refractivity contribution in [2.45, 2.75) is 6.92 Å². The van der Waals surface area contributed by atoms with Crippen LogP contribution in [0, 0.1) is 0 Å². The largest absolute Gasteiger partial charge is 0.492 e. The molecular weight excluding hydrogens is 344 g/mol. The van der Waals surface area contributed by atoms with Crippen molar-refractivity contribution >= 4 is 23.1 Å². The molecule has 6 nitrogen and oxygen atoms in total. The summed E-state index contributed by atoms with van der Waals surface area (Å²) in [5, 5.41) is 9.31. The Hall–Kier alpha value is -3.12. The number of aliphatic hydroxyl groups excluding tert-OH is 1. The third-order valence-electron chi connectivity index (χ3n) is 4.35. The Morgan fingerprint density at radius 3 is 2.33 bits per heavy atom. The molecule has 0 saturated heterocycles. The molecule has 0 unspecified atom stereocenters. The van der Waals surface area contributed by atoms with E-state index in [1.165, 1.54) is 0 Å². The molecule has 0 aliphatic carbocycles. The number of benzene rings is 2. The Bertz CT molecular complexity index is 877. The van der Waals surface area contributed by atoms with Gasteiger partial charge in [-0.25, -0.2) is 4.90 Å². The van der Waals surface area contributed by atoms with E-state index in [-0.39, 0.29) is 18.8 Å². The monoisotopic (exact) mass is 366 g/mol. The Morgan fingerprint density at radius 2 is 1.67 bits per heavy atom. The van der Waals surface area contributed by atoms with Crippen LogP contribution in [-0.2, 0) is 9.59 Å². The number of amides is 2. The van der Waals surface area contributed by atoms with Gasteiger partial charge in [-0.15, -0.1) is 0 Å². The van der Waals surface area contributed by atoms with Crippen molar-refractivity contribution in [3.63, 3.8) is 0 Å². The molecule has 2 aromatic rings. The Kier molecular flexibility index (Phi) is 5.57. The minimum absolute atomic E-state index is 0.126. The van der Waals surface area contributed by atoms with E-state index in [9.17, 15) is 14.7 Å². The van der Waals surface area contributed by atoms with E-state index in [0.717, 1.165) is 4.90 Å². The molecule has 0 spiro atoms. The lowest BCUT2D eigenvalue weighted by atomic mass is 10.0. The molecule has 1 aliphatic rings. The normalized spacial score (nSPS) is 14.1. The molecule has 3 rings (SSSR count). The van der Waals surface area contributed by atoms with Crippen LogP contribution in [0.2, 0.25) is 0 Å². The number of anilines is 1. The second-order valence-electron chi connectivity index (χ2n) is 6.08. The first-order valence-corrected chi connectivity index (χ1v) is 8.82. The number of likely N-dealkylation sites (N-methyl/N-ethyl adjacent to an activating group) is 1. The minimum atomic E-state index is -0.429. The third-order valence-corrected chi connectivity index (χ3v) is 4.35. The minimum Gasteiger partial charge on any atom is -0.492 e. The number of rotatable bonds is 7. The van der Waals surface area contributed by atoms with E-state index in [1.54, 1.807) is 48.3 Å². The lowest BCUT2D eigenvalue weighted by Crippen LogP contribution is -2.35. The molecular formula is C21H22N2O4. The van der Waals surface area contributed by atoms with Crippen LogP contribution in [0.4, 0.5) is 5.69 Å². The molecule has 140 valence electrons. The van der Waals surface area contributed by atoms with Gasteiger partial charge in [0.25, 0.3) is 11.8 Å². The molecule has 27 heavy (non-hydrogen) atoms. The SMILES string of the molecule is CCOc1ccccc1N1C(=O)C(c2ccccc2)=C(N(C)CCO)C1=O. The number of hydrogen-bond acceptors (Lipinski definition) is 5. The van der Waals surface area contributed by atoms with Gasteiger partial charge in [-0.1, -0.05) is 42.5 Å². The van der Waals surface area contributed by atoms with Gasteiger partial charge >= 0.3 is 0 Å². The quantitative estimate of drug-likeness (QED) is 0.762. The van der Waals surface area contributed by atoms with Crippen molar-refractivity contribution in [3.8, 4) is 5.75 Å². The van der Waals surface area contributed by atoms with Crippen molar-refractivity contribution in [2.24, 2.45) is 0 Å². The summed E-state index contributed by atoms with van der Waals surface area (Å²) in [6, 6.07) is 16.1. The van der Waals surface area contributed by atoms with Crippen LogP contribution in [0.1, 0.15) is 12.5 Å². The van der Waals surface area contributed by atoms with Crippen LogP contribution < -0.4 is 9.64 Å². The molecule has 0 aromatic heterocycles. The first-order chi connectivity index (χ1) is 13.1. The highest BCUT2D eigenvalue weighted by Crippen LogP contribution is 2.38. The summed E-state index contributed by atoms with van der Waals surface area (Å²) in [6.45, 7) is 2.38. The molecule has 1 heterocycles. The standard InChI is InChI=1S/C21H22N2O4/c1-3-27-17-12-8-7-11-16(17)23-20(25)18(15-9-5-4-6-10-15)19(21(23)26)22(2)13-14-24/h4-12,24H,3,13-14H2,1-2H3. The molecule has 0 radical (unpaired) electrons. The van der Waals surface area contributed by atoms with Crippen molar-refractivity contribution in [2.75, 3.05) is 31.7 Å². The zero-order chi connectivity index (χ0) is 19.4. The zero-order valence-corrected chi connectivity index (χ0v) is 15.4. The second kappa shape index (κ2) is 8.05. The highest BCUT2D eigenvalue weighted by molar-refractivity contribution is 6.45. The van der Waals surface area contributed by atoms with Crippen molar-refractivity contribution in [1.82, 2.24) is 4.90 Å². The summed E-state index contributed by atoms with van der Waals surface area (Å²) in [6.07, 6.45) is 0. The molecule has 6 heteroatoms. The highest BCUT2D eigenvalue weighted by Gasteiger charge is 2.42. The molecule has 0 atom stereocenters. The zero-order valence-electron chi connectivity index (χ0n) is 15.4. The predicted octanol–water partition coefficient (Wildman–Crippen LogP) is 2.29. The number of aliphatic hydroxyl groups is 1. The number of imide groups is 1. The number of carbonyl (C=O) groups is 2. The van der Waals surface area contributed by atoms with Gasteiger partial charge < -0.3 is 14.7 Å². The Labute approximate surface area is 158 Å². The average Bonchev–Trinajstić information content (AvgIpc) is 2.94. The fourth-order valence-corrected chi connectivity index (χ4v) is 3.14. The first-order valence-electron chi connectivity index (χ1n) is 8.82. The maximum absolute atomic E-state index is 13.3. The maximum Gasteiger partial charge on any atom is 0.282 e. The summed E-state index contributed by atoms with van der Waals surface area (Å²) in [5.74, 6) is -0.361. The smallest absolute Gasteiger partial charge is 0.282 e. The first kappa shape index (κ1) is 18.7. The molecule has 0 saturated carbocycles. The number of hydrogen-bond donors (Lipinski definition) is 1. The summed E-state index contributed by atoms with van der Waals surface area (Å²) >= 11 is 0. The number of nitrogens with zero attached hydrogens (tertiary/aromatic N) is 2. The van der Waals surface area contributed by atoms with Crippen LogP contribution in [0.25, 0.3) is 5.57 Å².